The molecule has 2 aliphatic heterocycles. The number of hydrogen-bond acceptors (Lipinski definition) is 5. The maximum absolute atomic E-state index is 10.4. The summed E-state index contributed by atoms with van der Waals surface area (Å²) in [5, 5.41) is 29.7. The second-order valence-electron chi connectivity index (χ2n) is 5.88. The Bertz CT molecular complexity index is 491. The van der Waals surface area contributed by atoms with Crippen LogP contribution in [0.3, 0.4) is 0 Å². The van der Waals surface area contributed by atoms with Gasteiger partial charge in [0.05, 0.1) is 12.2 Å². The number of aliphatic hydroxyl groups excluding tert-OH is 3. The lowest BCUT2D eigenvalue weighted by molar-refractivity contribution is -0.311. The van der Waals surface area contributed by atoms with Crippen molar-refractivity contribution in [3.8, 4) is 5.75 Å². The number of aliphatic hydroxyl groups is 3. The van der Waals surface area contributed by atoms with Crippen molar-refractivity contribution in [3.05, 3.63) is 29.8 Å². The van der Waals surface area contributed by atoms with Gasteiger partial charge in [0, 0.05) is 19.4 Å². The highest BCUT2D eigenvalue weighted by atomic mass is 16.7. The van der Waals surface area contributed by atoms with Crippen LogP contribution in [0.4, 0.5) is 0 Å². The highest BCUT2D eigenvalue weighted by Crippen LogP contribution is 2.40. The highest BCUT2D eigenvalue weighted by Gasteiger charge is 2.51. The molecular weight excluding hydrogens is 272 g/mol. The minimum atomic E-state index is -1.22. The molecule has 1 aromatic rings. The molecule has 0 bridgehead atoms. The van der Waals surface area contributed by atoms with E-state index in [4.69, 9.17) is 14.6 Å². The fraction of sp³-hybridized carbons (Fsp3) is 0.625. The van der Waals surface area contributed by atoms with Crippen molar-refractivity contribution in [1.29, 1.82) is 0 Å². The van der Waals surface area contributed by atoms with E-state index in [0.717, 1.165) is 18.4 Å². The second kappa shape index (κ2) is 5.93. The van der Waals surface area contributed by atoms with Gasteiger partial charge in [0.1, 0.15) is 11.9 Å². The van der Waals surface area contributed by atoms with E-state index in [-0.39, 0.29) is 12.7 Å². The third kappa shape index (κ3) is 2.79. The molecule has 0 unspecified atom stereocenters. The van der Waals surface area contributed by atoms with E-state index in [1.54, 1.807) is 0 Å². The Labute approximate surface area is 124 Å². The number of rotatable bonds is 2. The molecule has 3 N–H and O–H groups in total. The first-order valence-corrected chi connectivity index (χ1v) is 7.56. The van der Waals surface area contributed by atoms with Crippen molar-refractivity contribution < 1.29 is 24.8 Å². The predicted molar refractivity (Wildman–Crippen MR) is 75.9 cm³/mol. The fourth-order valence-electron chi connectivity index (χ4n) is 3.28. The molecule has 0 amide bonds. The van der Waals surface area contributed by atoms with Crippen LogP contribution in [0.25, 0.3) is 0 Å². The number of aryl methyl sites for hydroxylation is 1. The predicted octanol–water partition coefficient (Wildman–Crippen LogP) is 0.991. The third-order valence-electron chi connectivity index (χ3n) is 4.36. The zero-order valence-electron chi connectivity index (χ0n) is 11.9. The Kier molecular flexibility index (Phi) is 4.17. The lowest BCUT2D eigenvalue weighted by atomic mass is 9.90. The van der Waals surface area contributed by atoms with Gasteiger partial charge in [-0.2, -0.15) is 0 Å². The van der Waals surface area contributed by atoms with E-state index in [2.05, 4.69) is 0 Å². The van der Waals surface area contributed by atoms with Crippen LogP contribution in [0, 0.1) is 0 Å². The van der Waals surface area contributed by atoms with E-state index in [9.17, 15) is 10.2 Å². The van der Waals surface area contributed by atoms with Crippen molar-refractivity contribution in [2.75, 3.05) is 6.61 Å². The van der Waals surface area contributed by atoms with Gasteiger partial charge in [-0.15, -0.1) is 0 Å². The van der Waals surface area contributed by atoms with Crippen molar-refractivity contribution in [2.45, 2.75) is 56.2 Å². The first-order chi connectivity index (χ1) is 10.1. The van der Waals surface area contributed by atoms with Gasteiger partial charge < -0.3 is 24.8 Å². The minimum Gasteiger partial charge on any atom is -0.459 e. The summed E-state index contributed by atoms with van der Waals surface area (Å²) in [5.41, 5.74) is 1.09. The van der Waals surface area contributed by atoms with Gasteiger partial charge in [-0.25, -0.2) is 0 Å². The second-order valence-corrected chi connectivity index (χ2v) is 5.88. The first kappa shape index (κ1) is 14.8. The van der Waals surface area contributed by atoms with Crippen molar-refractivity contribution in [1.82, 2.24) is 0 Å². The smallest absolute Gasteiger partial charge is 0.239 e. The van der Waals surface area contributed by atoms with Gasteiger partial charge in [-0.05, 0) is 30.9 Å². The van der Waals surface area contributed by atoms with Gasteiger partial charge in [-0.3, -0.25) is 0 Å². The molecule has 0 saturated carbocycles. The van der Waals surface area contributed by atoms with Gasteiger partial charge in [0.25, 0.3) is 0 Å². The lowest BCUT2D eigenvalue weighted by Crippen LogP contribution is -2.61. The summed E-state index contributed by atoms with van der Waals surface area (Å²) in [6.07, 6.45) is 0.631. The van der Waals surface area contributed by atoms with Gasteiger partial charge >= 0.3 is 0 Å². The van der Waals surface area contributed by atoms with E-state index in [1.807, 2.05) is 24.3 Å². The first-order valence-electron chi connectivity index (χ1n) is 7.56. The van der Waals surface area contributed by atoms with E-state index in [0.29, 0.717) is 25.0 Å². The van der Waals surface area contributed by atoms with Crippen LogP contribution in [0.1, 0.15) is 31.2 Å². The summed E-state index contributed by atoms with van der Waals surface area (Å²) in [5.74, 6) is -0.518. The Balaban J connectivity index is 1.90. The molecule has 0 aromatic heterocycles. The minimum absolute atomic E-state index is 0.0137. The summed E-state index contributed by atoms with van der Waals surface area (Å²) in [4.78, 5) is 0. The van der Waals surface area contributed by atoms with Gasteiger partial charge in [0.2, 0.25) is 5.79 Å². The molecule has 3 rings (SSSR count). The maximum atomic E-state index is 10.4. The summed E-state index contributed by atoms with van der Waals surface area (Å²) in [6.45, 7) is -0.0137. The molecule has 5 heteroatoms. The number of fused-ring (bicyclic) bond motifs is 1. The average molecular weight is 294 g/mol. The van der Waals surface area contributed by atoms with Crippen LogP contribution >= 0.6 is 0 Å². The molecule has 4 atom stereocenters. The average Bonchev–Trinajstić information content (AvgIpc) is 2.65. The largest absolute Gasteiger partial charge is 0.459 e. The Morgan fingerprint density at radius 1 is 1.24 bits per heavy atom. The number of ether oxygens (including phenoxy) is 2. The van der Waals surface area contributed by atoms with Crippen molar-refractivity contribution >= 4 is 0 Å². The van der Waals surface area contributed by atoms with Crippen molar-refractivity contribution in [2.24, 2.45) is 0 Å². The Morgan fingerprint density at radius 3 is 2.86 bits per heavy atom. The summed E-state index contributed by atoms with van der Waals surface area (Å²) >= 11 is 0. The molecule has 2 heterocycles. The van der Waals surface area contributed by atoms with E-state index < -0.39 is 18.0 Å². The molecule has 1 saturated heterocycles. The molecule has 5 nitrogen and oxygen atoms in total. The zero-order chi connectivity index (χ0) is 14.9. The molecule has 2 aliphatic rings. The van der Waals surface area contributed by atoms with Crippen LogP contribution in [-0.4, -0.2) is 46.0 Å². The van der Waals surface area contributed by atoms with Crippen LogP contribution in [-0.2, 0) is 11.2 Å². The molecule has 0 radical (unpaired) electrons. The monoisotopic (exact) mass is 294 g/mol. The maximum Gasteiger partial charge on any atom is 0.239 e. The summed E-state index contributed by atoms with van der Waals surface area (Å²) < 4.78 is 12.0. The van der Waals surface area contributed by atoms with Crippen LogP contribution in [0.2, 0.25) is 0 Å². The molecule has 1 fully saturated rings. The molecule has 0 aliphatic carbocycles. The van der Waals surface area contributed by atoms with Crippen molar-refractivity contribution in [3.63, 3.8) is 0 Å². The molecule has 21 heavy (non-hydrogen) atoms. The highest BCUT2D eigenvalue weighted by molar-refractivity contribution is 5.35. The number of para-hydroxylation sites is 1. The lowest BCUT2D eigenvalue weighted by Gasteiger charge is -2.46. The van der Waals surface area contributed by atoms with Gasteiger partial charge in [-0.1, -0.05) is 18.2 Å². The van der Waals surface area contributed by atoms with Crippen LogP contribution < -0.4 is 4.74 Å². The third-order valence-corrected chi connectivity index (χ3v) is 4.36. The van der Waals surface area contributed by atoms with Crippen LogP contribution in [0.15, 0.2) is 24.3 Å². The standard InChI is InChI=1S/C16H22O5/c17-9-7-12-10-13(18)15(19)16(20-12)8-3-5-11-4-1-2-6-14(11)21-16/h1-2,4,6,12-13,15,17-19H,3,5,7-10H2/t12-,13-,15+,16-/m0/s1. The molecule has 116 valence electrons. The number of benzene rings is 1. The normalized spacial score (nSPS) is 35.9. The summed E-state index contributed by atoms with van der Waals surface area (Å²) in [6, 6.07) is 7.71. The number of hydrogen-bond donors (Lipinski definition) is 3. The van der Waals surface area contributed by atoms with E-state index >= 15 is 0 Å². The molecule has 1 aromatic carbocycles. The quantitative estimate of drug-likeness (QED) is 0.758. The zero-order valence-corrected chi connectivity index (χ0v) is 11.9. The van der Waals surface area contributed by atoms with Crippen LogP contribution in [0.5, 0.6) is 5.75 Å². The topological polar surface area (TPSA) is 79.2 Å². The fourth-order valence-corrected chi connectivity index (χ4v) is 3.28. The Morgan fingerprint density at radius 2 is 2.05 bits per heavy atom. The van der Waals surface area contributed by atoms with Gasteiger partial charge in [0.15, 0.2) is 0 Å². The van der Waals surface area contributed by atoms with E-state index in [1.165, 1.54) is 0 Å². The summed E-state index contributed by atoms with van der Waals surface area (Å²) in [7, 11) is 0. The molecule has 1 spiro atoms. The molecular formula is C16H22O5. The Hall–Kier alpha value is -1.14. The SMILES string of the molecule is OCC[C@H]1C[C@H](O)[C@@H](O)[C@@]2(CCCc3ccccc3O2)O1.